The lowest BCUT2D eigenvalue weighted by molar-refractivity contribution is -0.0927. The second-order valence-corrected chi connectivity index (χ2v) is 3.80. The van der Waals surface area contributed by atoms with Crippen LogP contribution in [0.25, 0.3) is 0 Å². The SMILES string of the molecule is CCC(C)C1CCCC(CO)O1. The lowest BCUT2D eigenvalue weighted by atomic mass is 9.93. The fraction of sp³-hybridized carbons (Fsp3) is 1.00. The van der Waals surface area contributed by atoms with Crippen molar-refractivity contribution < 1.29 is 9.84 Å². The van der Waals surface area contributed by atoms with Crippen molar-refractivity contribution >= 4 is 0 Å². The van der Waals surface area contributed by atoms with Crippen LogP contribution in [-0.4, -0.2) is 23.9 Å². The van der Waals surface area contributed by atoms with E-state index in [0.29, 0.717) is 12.0 Å². The summed E-state index contributed by atoms with van der Waals surface area (Å²) in [6, 6.07) is 0. The van der Waals surface area contributed by atoms with Crippen LogP contribution in [0, 0.1) is 5.92 Å². The zero-order valence-corrected chi connectivity index (χ0v) is 8.12. The van der Waals surface area contributed by atoms with Gasteiger partial charge in [0.2, 0.25) is 0 Å². The van der Waals surface area contributed by atoms with Crippen LogP contribution < -0.4 is 0 Å². The van der Waals surface area contributed by atoms with Crippen molar-refractivity contribution in [2.75, 3.05) is 6.61 Å². The van der Waals surface area contributed by atoms with Gasteiger partial charge in [-0.1, -0.05) is 20.3 Å². The highest BCUT2D eigenvalue weighted by Crippen LogP contribution is 2.25. The Kier molecular flexibility index (Phi) is 4.02. The predicted octanol–water partition coefficient (Wildman–Crippen LogP) is 1.96. The Labute approximate surface area is 74.9 Å². The number of hydrogen-bond acceptors (Lipinski definition) is 2. The van der Waals surface area contributed by atoms with E-state index in [1.807, 2.05) is 0 Å². The maximum absolute atomic E-state index is 8.94. The van der Waals surface area contributed by atoms with Crippen molar-refractivity contribution in [2.24, 2.45) is 5.92 Å². The molecule has 0 radical (unpaired) electrons. The first-order valence-corrected chi connectivity index (χ1v) is 5.04. The van der Waals surface area contributed by atoms with E-state index in [2.05, 4.69) is 13.8 Å². The molecule has 0 saturated carbocycles. The van der Waals surface area contributed by atoms with Gasteiger partial charge in [0, 0.05) is 0 Å². The fourth-order valence-corrected chi connectivity index (χ4v) is 1.75. The molecule has 2 heteroatoms. The molecule has 0 bridgehead atoms. The molecule has 1 N–H and O–H groups in total. The van der Waals surface area contributed by atoms with Crippen LogP contribution in [0.3, 0.4) is 0 Å². The fourth-order valence-electron chi connectivity index (χ4n) is 1.75. The molecule has 1 saturated heterocycles. The molecule has 0 aromatic carbocycles. The van der Waals surface area contributed by atoms with Gasteiger partial charge in [0.25, 0.3) is 0 Å². The zero-order chi connectivity index (χ0) is 8.97. The topological polar surface area (TPSA) is 29.5 Å². The van der Waals surface area contributed by atoms with Gasteiger partial charge in [0.15, 0.2) is 0 Å². The summed E-state index contributed by atoms with van der Waals surface area (Å²) in [5.74, 6) is 0.638. The lowest BCUT2D eigenvalue weighted by Crippen LogP contribution is -2.33. The van der Waals surface area contributed by atoms with Crippen molar-refractivity contribution in [3.63, 3.8) is 0 Å². The van der Waals surface area contributed by atoms with Crippen molar-refractivity contribution in [3.8, 4) is 0 Å². The van der Waals surface area contributed by atoms with Crippen LogP contribution in [0.15, 0.2) is 0 Å². The highest BCUT2D eigenvalue weighted by atomic mass is 16.5. The summed E-state index contributed by atoms with van der Waals surface area (Å²) in [6.07, 6.45) is 5.08. The molecule has 0 aromatic heterocycles. The van der Waals surface area contributed by atoms with Crippen LogP contribution in [0.1, 0.15) is 39.5 Å². The third-order valence-corrected chi connectivity index (χ3v) is 2.86. The first kappa shape index (κ1) is 10.0. The first-order chi connectivity index (χ1) is 5.77. The molecule has 0 spiro atoms. The molecule has 0 aliphatic carbocycles. The summed E-state index contributed by atoms with van der Waals surface area (Å²) >= 11 is 0. The second kappa shape index (κ2) is 4.83. The number of ether oxygens (including phenoxy) is 1. The summed E-state index contributed by atoms with van der Waals surface area (Å²) in [7, 11) is 0. The molecule has 1 heterocycles. The molecule has 1 rings (SSSR count). The van der Waals surface area contributed by atoms with Crippen molar-refractivity contribution in [3.05, 3.63) is 0 Å². The van der Waals surface area contributed by atoms with Crippen molar-refractivity contribution in [1.29, 1.82) is 0 Å². The van der Waals surface area contributed by atoms with E-state index in [1.54, 1.807) is 0 Å². The van der Waals surface area contributed by atoms with Crippen LogP contribution in [-0.2, 0) is 4.74 Å². The molecule has 2 nitrogen and oxygen atoms in total. The molecular weight excluding hydrogens is 152 g/mol. The number of aliphatic hydroxyl groups is 1. The quantitative estimate of drug-likeness (QED) is 0.705. The molecule has 72 valence electrons. The van der Waals surface area contributed by atoms with Gasteiger partial charge in [-0.25, -0.2) is 0 Å². The Bertz CT molecular complexity index is 123. The first-order valence-electron chi connectivity index (χ1n) is 5.04. The predicted molar refractivity (Wildman–Crippen MR) is 49.1 cm³/mol. The molecule has 0 amide bonds. The van der Waals surface area contributed by atoms with E-state index in [1.165, 1.54) is 19.3 Å². The summed E-state index contributed by atoms with van der Waals surface area (Å²) < 4.78 is 5.74. The summed E-state index contributed by atoms with van der Waals surface area (Å²) in [5.41, 5.74) is 0. The highest BCUT2D eigenvalue weighted by Gasteiger charge is 2.24. The Morgan fingerprint density at radius 3 is 2.83 bits per heavy atom. The smallest absolute Gasteiger partial charge is 0.0809 e. The second-order valence-electron chi connectivity index (χ2n) is 3.80. The minimum absolute atomic E-state index is 0.109. The minimum atomic E-state index is 0.109. The van der Waals surface area contributed by atoms with Crippen LogP contribution >= 0.6 is 0 Å². The van der Waals surface area contributed by atoms with Gasteiger partial charge >= 0.3 is 0 Å². The van der Waals surface area contributed by atoms with Gasteiger partial charge in [0.1, 0.15) is 0 Å². The van der Waals surface area contributed by atoms with E-state index in [-0.39, 0.29) is 12.7 Å². The number of aliphatic hydroxyl groups excluding tert-OH is 1. The van der Waals surface area contributed by atoms with Crippen LogP contribution in [0.5, 0.6) is 0 Å². The average Bonchev–Trinajstić information content (AvgIpc) is 2.17. The Morgan fingerprint density at radius 2 is 2.25 bits per heavy atom. The zero-order valence-electron chi connectivity index (χ0n) is 8.12. The Balaban J connectivity index is 2.34. The maximum Gasteiger partial charge on any atom is 0.0809 e. The number of rotatable bonds is 3. The normalized spacial score (nSPS) is 33.2. The van der Waals surface area contributed by atoms with E-state index in [0.717, 1.165) is 6.42 Å². The highest BCUT2D eigenvalue weighted by molar-refractivity contribution is 4.73. The summed E-state index contributed by atoms with van der Waals surface area (Å²) in [5, 5.41) is 8.94. The molecule has 1 aliphatic heterocycles. The van der Waals surface area contributed by atoms with Gasteiger partial charge in [-0.05, 0) is 25.2 Å². The summed E-state index contributed by atoms with van der Waals surface area (Å²) in [4.78, 5) is 0. The van der Waals surface area contributed by atoms with Crippen LogP contribution in [0.4, 0.5) is 0 Å². The molecule has 3 unspecified atom stereocenters. The largest absolute Gasteiger partial charge is 0.394 e. The maximum atomic E-state index is 8.94. The Morgan fingerprint density at radius 1 is 1.50 bits per heavy atom. The van der Waals surface area contributed by atoms with E-state index < -0.39 is 0 Å². The molecule has 1 fully saturated rings. The minimum Gasteiger partial charge on any atom is -0.394 e. The third-order valence-electron chi connectivity index (χ3n) is 2.86. The van der Waals surface area contributed by atoms with Crippen LogP contribution in [0.2, 0.25) is 0 Å². The van der Waals surface area contributed by atoms with Crippen molar-refractivity contribution in [2.45, 2.75) is 51.7 Å². The van der Waals surface area contributed by atoms with Gasteiger partial charge in [-0.2, -0.15) is 0 Å². The molecule has 1 aliphatic rings. The lowest BCUT2D eigenvalue weighted by Gasteiger charge is -2.32. The standard InChI is InChI=1S/C10H20O2/c1-3-8(2)10-6-4-5-9(7-11)12-10/h8-11H,3-7H2,1-2H3. The van der Waals surface area contributed by atoms with E-state index >= 15 is 0 Å². The van der Waals surface area contributed by atoms with E-state index in [4.69, 9.17) is 9.84 Å². The monoisotopic (exact) mass is 172 g/mol. The van der Waals surface area contributed by atoms with Gasteiger partial charge < -0.3 is 9.84 Å². The number of hydrogen-bond donors (Lipinski definition) is 1. The van der Waals surface area contributed by atoms with Gasteiger partial charge in [-0.15, -0.1) is 0 Å². The molecular formula is C10H20O2. The molecule has 3 atom stereocenters. The Hall–Kier alpha value is -0.0800. The van der Waals surface area contributed by atoms with Gasteiger partial charge in [0.05, 0.1) is 18.8 Å². The van der Waals surface area contributed by atoms with Gasteiger partial charge in [-0.3, -0.25) is 0 Å². The van der Waals surface area contributed by atoms with Crippen molar-refractivity contribution in [1.82, 2.24) is 0 Å². The average molecular weight is 172 g/mol. The summed E-state index contributed by atoms with van der Waals surface area (Å²) in [6.45, 7) is 4.61. The molecule has 12 heavy (non-hydrogen) atoms. The third kappa shape index (κ3) is 2.46. The molecule has 0 aromatic rings. The van der Waals surface area contributed by atoms with E-state index in [9.17, 15) is 0 Å².